The molecular formula is C15H14N2O2S3. The summed E-state index contributed by atoms with van der Waals surface area (Å²) < 4.78 is 5.72. The van der Waals surface area contributed by atoms with Crippen molar-refractivity contribution in [2.75, 3.05) is 6.61 Å². The van der Waals surface area contributed by atoms with Crippen molar-refractivity contribution in [2.24, 2.45) is 0 Å². The second-order valence-electron chi connectivity index (χ2n) is 4.73. The fraction of sp³-hybridized carbons (Fsp3) is 0.267. The number of hydrogen-bond acceptors (Lipinski definition) is 6. The molecule has 3 rings (SSSR count). The first-order chi connectivity index (χ1) is 10.6. The smallest absolute Gasteiger partial charge is 0.348 e. The molecule has 3 aromatic rings. The average Bonchev–Trinajstić information content (AvgIpc) is 3.07. The molecule has 22 heavy (non-hydrogen) atoms. The van der Waals surface area contributed by atoms with E-state index < -0.39 is 0 Å². The summed E-state index contributed by atoms with van der Waals surface area (Å²) in [5.41, 5.74) is 0.842. The summed E-state index contributed by atoms with van der Waals surface area (Å²) in [4.78, 5) is 22.4. The lowest BCUT2D eigenvalue weighted by Crippen LogP contribution is -2.03. The zero-order valence-electron chi connectivity index (χ0n) is 12.1. The van der Waals surface area contributed by atoms with Crippen LogP contribution < -0.4 is 0 Å². The minimum atomic E-state index is -0.308. The van der Waals surface area contributed by atoms with Gasteiger partial charge in [0, 0.05) is 16.7 Å². The number of aromatic nitrogens is 2. The van der Waals surface area contributed by atoms with Gasteiger partial charge >= 0.3 is 5.97 Å². The number of nitrogens with zero attached hydrogens (tertiary/aromatic N) is 1. The Hall–Kier alpha value is -1.57. The Bertz CT molecular complexity index is 878. The van der Waals surface area contributed by atoms with Gasteiger partial charge in [0.1, 0.15) is 20.2 Å². The molecule has 0 amide bonds. The number of aryl methyl sites for hydroxylation is 1. The molecule has 0 saturated heterocycles. The lowest BCUT2D eigenvalue weighted by Gasteiger charge is -2.00. The largest absolute Gasteiger partial charge is 0.462 e. The van der Waals surface area contributed by atoms with E-state index in [0.29, 0.717) is 22.5 Å². The molecule has 4 nitrogen and oxygen atoms in total. The van der Waals surface area contributed by atoms with Crippen LogP contribution in [0, 0.1) is 11.6 Å². The van der Waals surface area contributed by atoms with Gasteiger partial charge in [0.05, 0.1) is 6.61 Å². The molecule has 3 aromatic heterocycles. The van der Waals surface area contributed by atoms with Crippen LogP contribution in [0.4, 0.5) is 0 Å². The van der Waals surface area contributed by atoms with Crippen molar-refractivity contribution in [3.63, 3.8) is 0 Å². The van der Waals surface area contributed by atoms with E-state index in [9.17, 15) is 4.79 Å². The normalized spacial score (nSPS) is 11.0. The standard InChI is InChI=1S/C15H14N2O2S3/c1-3-19-15(18)12-8(2)11-13(20)16-10(17-14(11)22-12)7-9-5-4-6-21-9/h4-6H,3,7H2,1-2H3,(H,16,17,20). The Morgan fingerprint density at radius 3 is 3.00 bits per heavy atom. The average molecular weight is 350 g/mol. The Morgan fingerprint density at radius 1 is 1.50 bits per heavy atom. The van der Waals surface area contributed by atoms with Crippen molar-refractivity contribution >= 4 is 51.1 Å². The maximum absolute atomic E-state index is 12.0. The van der Waals surface area contributed by atoms with Crippen LogP contribution in [0.3, 0.4) is 0 Å². The van der Waals surface area contributed by atoms with Crippen LogP contribution in [0.5, 0.6) is 0 Å². The zero-order chi connectivity index (χ0) is 15.7. The Balaban J connectivity index is 2.06. The van der Waals surface area contributed by atoms with E-state index in [1.807, 2.05) is 18.4 Å². The van der Waals surface area contributed by atoms with Crippen LogP contribution in [0.25, 0.3) is 10.2 Å². The minimum Gasteiger partial charge on any atom is -0.462 e. The fourth-order valence-electron chi connectivity index (χ4n) is 2.24. The van der Waals surface area contributed by atoms with Gasteiger partial charge < -0.3 is 9.72 Å². The molecule has 1 N–H and O–H groups in total. The molecule has 0 atom stereocenters. The number of fused-ring (bicyclic) bond motifs is 1. The Kier molecular flexibility index (Phi) is 4.37. The molecule has 0 bridgehead atoms. The highest BCUT2D eigenvalue weighted by Crippen LogP contribution is 2.31. The van der Waals surface area contributed by atoms with Crippen molar-refractivity contribution in [3.05, 3.63) is 43.3 Å². The van der Waals surface area contributed by atoms with Gasteiger partial charge in [-0.1, -0.05) is 18.3 Å². The van der Waals surface area contributed by atoms with Crippen LogP contribution in [-0.2, 0) is 11.2 Å². The molecule has 7 heteroatoms. The quantitative estimate of drug-likeness (QED) is 0.556. The molecule has 0 aliphatic carbocycles. The summed E-state index contributed by atoms with van der Waals surface area (Å²) in [5.74, 6) is 0.508. The highest BCUT2D eigenvalue weighted by molar-refractivity contribution is 7.71. The van der Waals surface area contributed by atoms with Gasteiger partial charge in [0.25, 0.3) is 0 Å². The van der Waals surface area contributed by atoms with E-state index in [0.717, 1.165) is 21.6 Å². The van der Waals surface area contributed by atoms with Gasteiger partial charge in [-0.2, -0.15) is 0 Å². The maximum Gasteiger partial charge on any atom is 0.348 e. The van der Waals surface area contributed by atoms with Crippen molar-refractivity contribution in [1.29, 1.82) is 0 Å². The van der Waals surface area contributed by atoms with Crippen molar-refractivity contribution in [3.8, 4) is 0 Å². The Labute approximate surface area is 140 Å². The SMILES string of the molecule is CCOC(=O)c1sc2nc(Cc3cccs3)[nH]c(=S)c2c1C. The highest BCUT2D eigenvalue weighted by Gasteiger charge is 2.19. The number of hydrogen-bond donors (Lipinski definition) is 1. The van der Waals surface area contributed by atoms with E-state index in [2.05, 4.69) is 16.0 Å². The van der Waals surface area contributed by atoms with Gasteiger partial charge in [-0.25, -0.2) is 9.78 Å². The molecule has 0 aromatic carbocycles. The first-order valence-corrected chi connectivity index (χ1v) is 8.92. The lowest BCUT2D eigenvalue weighted by molar-refractivity contribution is 0.0531. The van der Waals surface area contributed by atoms with Crippen LogP contribution >= 0.6 is 34.9 Å². The number of ether oxygens (including phenoxy) is 1. The van der Waals surface area contributed by atoms with E-state index in [1.54, 1.807) is 18.3 Å². The monoisotopic (exact) mass is 350 g/mol. The second kappa shape index (κ2) is 6.28. The van der Waals surface area contributed by atoms with Gasteiger partial charge in [-0.15, -0.1) is 22.7 Å². The molecule has 0 aliphatic heterocycles. The van der Waals surface area contributed by atoms with Gasteiger partial charge in [0.2, 0.25) is 0 Å². The summed E-state index contributed by atoms with van der Waals surface area (Å²) in [7, 11) is 0. The number of nitrogens with one attached hydrogen (secondary N) is 1. The number of aromatic amines is 1. The maximum atomic E-state index is 12.0. The molecule has 0 fully saturated rings. The van der Waals surface area contributed by atoms with E-state index in [-0.39, 0.29) is 5.97 Å². The first kappa shape index (κ1) is 15.3. The highest BCUT2D eigenvalue weighted by atomic mass is 32.1. The van der Waals surface area contributed by atoms with Crippen molar-refractivity contribution in [1.82, 2.24) is 9.97 Å². The van der Waals surface area contributed by atoms with E-state index >= 15 is 0 Å². The van der Waals surface area contributed by atoms with Gasteiger partial charge in [-0.3, -0.25) is 0 Å². The zero-order valence-corrected chi connectivity index (χ0v) is 14.6. The summed E-state index contributed by atoms with van der Waals surface area (Å²) in [6.45, 7) is 4.04. The third-order valence-corrected chi connectivity index (χ3v) is 5.58. The molecule has 114 valence electrons. The third-order valence-electron chi connectivity index (χ3n) is 3.23. The number of carbonyl (C=O) groups excluding carboxylic acids is 1. The fourth-order valence-corrected chi connectivity index (χ4v) is 4.49. The number of H-pyrrole nitrogens is 1. The molecular weight excluding hydrogens is 336 g/mol. The second-order valence-corrected chi connectivity index (χ2v) is 7.17. The minimum absolute atomic E-state index is 0.308. The topological polar surface area (TPSA) is 55.0 Å². The molecule has 0 radical (unpaired) electrons. The lowest BCUT2D eigenvalue weighted by atomic mass is 10.2. The summed E-state index contributed by atoms with van der Waals surface area (Å²) >= 11 is 8.48. The van der Waals surface area contributed by atoms with E-state index in [4.69, 9.17) is 17.0 Å². The van der Waals surface area contributed by atoms with Gasteiger partial charge in [-0.05, 0) is 30.9 Å². The molecule has 0 spiro atoms. The van der Waals surface area contributed by atoms with Crippen LogP contribution in [0.15, 0.2) is 17.5 Å². The molecule has 0 unspecified atom stereocenters. The molecule has 0 aliphatic rings. The molecule has 0 saturated carbocycles. The first-order valence-electron chi connectivity index (χ1n) is 6.82. The number of esters is 1. The van der Waals surface area contributed by atoms with E-state index in [1.165, 1.54) is 16.2 Å². The molecule has 3 heterocycles. The predicted octanol–water partition coefficient (Wildman–Crippen LogP) is 4.49. The third kappa shape index (κ3) is 2.84. The van der Waals surface area contributed by atoms with Crippen LogP contribution in [0.2, 0.25) is 0 Å². The summed E-state index contributed by atoms with van der Waals surface area (Å²) in [6, 6.07) is 4.08. The number of thiophene rings is 2. The number of carbonyl (C=O) groups is 1. The van der Waals surface area contributed by atoms with Crippen LogP contribution in [0.1, 0.15) is 32.9 Å². The van der Waals surface area contributed by atoms with Gasteiger partial charge in [0.15, 0.2) is 0 Å². The van der Waals surface area contributed by atoms with Crippen LogP contribution in [-0.4, -0.2) is 22.5 Å². The van der Waals surface area contributed by atoms with Crippen molar-refractivity contribution in [2.45, 2.75) is 20.3 Å². The summed E-state index contributed by atoms with van der Waals surface area (Å²) in [6.07, 6.45) is 0.711. The summed E-state index contributed by atoms with van der Waals surface area (Å²) in [5, 5.41) is 2.88. The Morgan fingerprint density at radius 2 is 2.32 bits per heavy atom. The van der Waals surface area contributed by atoms with Crippen molar-refractivity contribution < 1.29 is 9.53 Å². The number of rotatable bonds is 4. The predicted molar refractivity (Wildman–Crippen MR) is 92.6 cm³/mol.